The second-order valence-electron chi connectivity index (χ2n) is 9.44. The van der Waals surface area contributed by atoms with Crippen molar-refractivity contribution in [2.24, 2.45) is 5.73 Å². The summed E-state index contributed by atoms with van der Waals surface area (Å²) in [6.07, 6.45) is 1.91. The van der Waals surface area contributed by atoms with E-state index in [2.05, 4.69) is 31.6 Å². The van der Waals surface area contributed by atoms with E-state index in [0.29, 0.717) is 46.5 Å². The number of hydrogen-bond acceptors (Lipinski definition) is 11. The molecule has 14 nitrogen and oxygen atoms in total. The van der Waals surface area contributed by atoms with Crippen molar-refractivity contribution in [3.8, 4) is 11.5 Å². The van der Waals surface area contributed by atoms with Crippen LogP contribution in [0.4, 0.5) is 11.8 Å². The molecular weight excluding hydrogens is 520 g/mol. The molecule has 3 aromatic rings. The van der Waals surface area contributed by atoms with Crippen molar-refractivity contribution in [1.29, 1.82) is 0 Å². The van der Waals surface area contributed by atoms with Crippen molar-refractivity contribution in [2.75, 3.05) is 10.6 Å². The molecule has 1 saturated heterocycles. The van der Waals surface area contributed by atoms with Gasteiger partial charge in [0.05, 0.1) is 0 Å². The minimum Gasteiger partial charge on any atom is -0.370 e. The third kappa shape index (κ3) is 4.71. The van der Waals surface area contributed by atoms with Gasteiger partial charge in [0, 0.05) is 36.9 Å². The number of benzene rings is 2. The van der Waals surface area contributed by atoms with E-state index >= 15 is 0 Å². The monoisotopic (exact) mass is 544 g/mol. The number of anilines is 2. The fourth-order valence-corrected chi connectivity index (χ4v) is 4.97. The highest BCUT2D eigenvalue weighted by molar-refractivity contribution is 6.05. The van der Waals surface area contributed by atoms with E-state index < -0.39 is 23.9 Å². The molecule has 4 heterocycles. The molecule has 40 heavy (non-hydrogen) atoms. The van der Waals surface area contributed by atoms with E-state index in [1.54, 1.807) is 30.3 Å². The Labute approximate surface area is 227 Å². The molecule has 6 rings (SSSR count). The van der Waals surface area contributed by atoms with Crippen LogP contribution < -0.4 is 37.0 Å². The van der Waals surface area contributed by atoms with E-state index in [4.69, 9.17) is 15.4 Å². The van der Waals surface area contributed by atoms with Crippen LogP contribution in [0.25, 0.3) is 0 Å². The molecule has 0 saturated carbocycles. The average Bonchev–Trinajstić information content (AvgIpc) is 3.55. The van der Waals surface area contributed by atoms with Gasteiger partial charge in [-0.25, -0.2) is 4.98 Å². The fraction of sp³-hybridized carbons (Fsp3) is 0.231. The molecule has 0 aliphatic carbocycles. The van der Waals surface area contributed by atoms with Crippen molar-refractivity contribution in [3.05, 3.63) is 70.9 Å². The molecule has 0 bridgehead atoms. The van der Waals surface area contributed by atoms with Gasteiger partial charge in [-0.15, -0.1) is 0 Å². The largest absolute Gasteiger partial charge is 0.370 e. The number of nitrogens with zero attached hydrogens (tertiary/aromatic N) is 3. The maximum Gasteiger partial charge on any atom is 0.255 e. The lowest BCUT2D eigenvalue weighted by Gasteiger charge is -2.29. The number of carbonyl (C=O) groups excluding carboxylic acids is 4. The Hall–Kier alpha value is -5.24. The predicted octanol–water partition coefficient (Wildman–Crippen LogP) is 0.679. The average molecular weight is 545 g/mol. The Kier molecular flexibility index (Phi) is 6.36. The molecule has 2 aromatic carbocycles. The van der Waals surface area contributed by atoms with Crippen LogP contribution in [0.1, 0.15) is 45.9 Å². The summed E-state index contributed by atoms with van der Waals surface area (Å²) in [5.41, 5.74) is 10.5. The number of primary amides is 1. The number of imide groups is 1. The number of carbonyl (C=O) groups is 4. The number of nitrogens with two attached hydrogens (primary N) is 1. The lowest BCUT2D eigenvalue weighted by atomic mass is 9.96. The molecule has 14 heteroatoms. The van der Waals surface area contributed by atoms with Gasteiger partial charge in [0.15, 0.2) is 11.5 Å². The summed E-state index contributed by atoms with van der Waals surface area (Å²) in [6, 6.07) is 10.2. The van der Waals surface area contributed by atoms with Gasteiger partial charge in [-0.05, 0) is 47.4 Å². The fourth-order valence-electron chi connectivity index (χ4n) is 4.97. The van der Waals surface area contributed by atoms with Gasteiger partial charge in [-0.2, -0.15) is 4.98 Å². The summed E-state index contributed by atoms with van der Waals surface area (Å²) >= 11 is 0. The summed E-state index contributed by atoms with van der Waals surface area (Å²) in [5.74, 6) is -0.118. The molecule has 6 N–H and O–H groups in total. The first-order chi connectivity index (χ1) is 19.4. The molecule has 3 aliphatic rings. The minimum atomic E-state index is -1.02. The van der Waals surface area contributed by atoms with Crippen LogP contribution in [0.2, 0.25) is 0 Å². The number of rotatable bonds is 8. The highest BCUT2D eigenvalue weighted by atomic mass is 16.9. The third-order valence-electron chi connectivity index (χ3n) is 6.92. The van der Waals surface area contributed by atoms with Crippen molar-refractivity contribution in [1.82, 2.24) is 25.8 Å². The second-order valence-corrected chi connectivity index (χ2v) is 9.44. The summed E-state index contributed by atoms with van der Waals surface area (Å²) in [7, 11) is 0. The van der Waals surface area contributed by atoms with Crippen molar-refractivity contribution >= 4 is 35.4 Å². The highest BCUT2D eigenvalue weighted by Crippen LogP contribution is 2.34. The summed E-state index contributed by atoms with van der Waals surface area (Å²) < 4.78 is 0. The number of nitrogens with one attached hydrogen (secondary N) is 4. The first kappa shape index (κ1) is 25.1. The Morgan fingerprint density at radius 3 is 2.83 bits per heavy atom. The molecule has 1 fully saturated rings. The number of amides is 4. The summed E-state index contributed by atoms with van der Waals surface area (Å²) in [4.78, 5) is 70.2. The molecule has 0 radical (unpaired) electrons. The maximum atomic E-state index is 13.2. The van der Waals surface area contributed by atoms with Crippen LogP contribution in [0, 0.1) is 0 Å². The summed E-state index contributed by atoms with van der Waals surface area (Å²) in [6.45, 7) is 0.494. The number of fused-ring (bicyclic) bond motifs is 2. The van der Waals surface area contributed by atoms with Gasteiger partial charge in [0.1, 0.15) is 17.9 Å². The molecule has 204 valence electrons. The Morgan fingerprint density at radius 2 is 2.00 bits per heavy atom. The molecular formula is C26H24N8O6. The van der Waals surface area contributed by atoms with Gasteiger partial charge in [0.25, 0.3) is 5.91 Å². The third-order valence-corrected chi connectivity index (χ3v) is 6.92. The zero-order chi connectivity index (χ0) is 27.8. The smallest absolute Gasteiger partial charge is 0.255 e. The molecule has 2 unspecified atom stereocenters. The van der Waals surface area contributed by atoms with E-state index in [0.717, 1.165) is 5.56 Å². The minimum absolute atomic E-state index is 0.101. The SMILES string of the molecule is NC(=O)C(Nc1ccnc(NCc2ccc3c(c2)ONO3)n1)c1cccc2c1CN(C1CCC(=O)NC1=O)C2=O. The van der Waals surface area contributed by atoms with E-state index in [-0.39, 0.29) is 31.2 Å². The molecule has 0 spiro atoms. The van der Waals surface area contributed by atoms with Crippen LogP contribution in [-0.4, -0.2) is 44.5 Å². The number of aromatic nitrogens is 2. The summed E-state index contributed by atoms with van der Waals surface area (Å²) in [5, 5.41) is 8.47. The zero-order valence-electron chi connectivity index (χ0n) is 21.0. The lowest BCUT2D eigenvalue weighted by Crippen LogP contribution is -2.52. The topological polar surface area (TPSA) is 190 Å². The molecule has 4 amide bonds. The van der Waals surface area contributed by atoms with Crippen molar-refractivity contribution in [3.63, 3.8) is 0 Å². The molecule has 3 aliphatic heterocycles. The van der Waals surface area contributed by atoms with Gasteiger partial charge in [0.2, 0.25) is 23.7 Å². The van der Waals surface area contributed by atoms with Crippen LogP contribution in [0.5, 0.6) is 11.5 Å². The highest BCUT2D eigenvalue weighted by Gasteiger charge is 2.40. The van der Waals surface area contributed by atoms with Gasteiger partial charge in [-0.1, -0.05) is 18.2 Å². The molecule has 2 atom stereocenters. The Morgan fingerprint density at radius 1 is 1.15 bits per heavy atom. The molecule has 1 aromatic heterocycles. The zero-order valence-corrected chi connectivity index (χ0v) is 21.0. The van der Waals surface area contributed by atoms with E-state index in [1.807, 2.05) is 12.1 Å². The quantitative estimate of drug-likeness (QED) is 0.251. The number of hydrogen-bond donors (Lipinski definition) is 5. The van der Waals surface area contributed by atoms with E-state index in [1.165, 1.54) is 11.1 Å². The number of piperidine rings is 1. The first-order valence-electron chi connectivity index (χ1n) is 12.5. The Balaban J connectivity index is 1.19. The second kappa shape index (κ2) is 10.1. The maximum absolute atomic E-state index is 13.2. The van der Waals surface area contributed by atoms with Gasteiger partial charge < -0.3 is 30.9 Å². The normalized spacial score (nSPS) is 18.2. The first-order valence-corrected chi connectivity index (χ1v) is 12.5. The standard InChI is InChI=1S/C26H24N8O6/c27-23(36)22(14-2-1-3-15-16(14)12-34(25(15)38)17-5-7-21(35)32-24(17)37)30-20-8-9-28-26(31-20)29-11-13-4-6-18-19(10-13)40-33-39-18/h1-4,6,8-10,17,22,33H,5,7,11-12H2,(H2,27,36)(H,32,35,37)(H2,28,29,30,31). The van der Waals surface area contributed by atoms with Gasteiger partial charge in [-0.3, -0.25) is 24.5 Å². The van der Waals surface area contributed by atoms with Gasteiger partial charge >= 0.3 is 0 Å². The van der Waals surface area contributed by atoms with Crippen molar-refractivity contribution < 1.29 is 28.9 Å². The predicted molar refractivity (Wildman–Crippen MR) is 138 cm³/mol. The van der Waals surface area contributed by atoms with Crippen LogP contribution in [-0.2, 0) is 27.5 Å². The lowest BCUT2D eigenvalue weighted by molar-refractivity contribution is -0.137. The van der Waals surface area contributed by atoms with Crippen LogP contribution in [0.3, 0.4) is 0 Å². The van der Waals surface area contributed by atoms with Crippen LogP contribution >= 0.6 is 0 Å². The van der Waals surface area contributed by atoms with Crippen LogP contribution in [0.15, 0.2) is 48.7 Å². The van der Waals surface area contributed by atoms with E-state index in [9.17, 15) is 19.2 Å². The van der Waals surface area contributed by atoms with Crippen molar-refractivity contribution in [2.45, 2.75) is 38.0 Å². The Bertz CT molecular complexity index is 1550.